The Bertz CT molecular complexity index is 177. The van der Waals surface area contributed by atoms with E-state index in [4.69, 9.17) is 4.12 Å². The van der Waals surface area contributed by atoms with Gasteiger partial charge >= 0.3 is 0 Å². The fraction of sp³-hybridized carbons (Fsp3) is 0.600. The first-order valence-electron chi connectivity index (χ1n) is 4.75. The zero-order valence-corrected chi connectivity index (χ0v) is 14.0. The second-order valence-electron chi connectivity index (χ2n) is 4.65. The molecule has 0 aromatic heterocycles. The summed E-state index contributed by atoms with van der Waals surface area (Å²) < 4.78 is 6.24. The van der Waals surface area contributed by atoms with Gasteiger partial charge in [0.05, 0.1) is 0 Å². The third-order valence-corrected chi connectivity index (χ3v) is 8.43. The molecule has 0 unspecified atom stereocenters. The van der Waals surface area contributed by atoms with Gasteiger partial charge in [-0.25, -0.2) is 0 Å². The molecule has 0 atom stereocenters. The molecule has 86 valence electrons. The first-order chi connectivity index (χ1) is 5.83. The summed E-state index contributed by atoms with van der Waals surface area (Å²) in [7, 11) is -2.96. The monoisotopic (exact) mass is 409 g/mol. The van der Waals surface area contributed by atoms with Gasteiger partial charge in [-0.05, 0) is 38.3 Å². The van der Waals surface area contributed by atoms with Crippen LogP contribution in [0.1, 0.15) is 0 Å². The van der Waals surface area contributed by atoms with Gasteiger partial charge in [0.25, 0.3) is 0 Å². The summed E-state index contributed by atoms with van der Waals surface area (Å²) in [5.74, 6) is 0. The fourth-order valence-corrected chi connectivity index (χ4v) is 9.48. The molecule has 0 fully saturated rings. The van der Waals surface area contributed by atoms with Gasteiger partial charge in [0.15, 0.2) is 16.6 Å². The van der Waals surface area contributed by atoms with Crippen molar-refractivity contribution in [2.45, 2.75) is 38.3 Å². The van der Waals surface area contributed by atoms with Crippen molar-refractivity contribution in [3.8, 4) is 0 Å². The predicted molar refractivity (Wildman–Crippen MR) is 66.1 cm³/mol. The normalized spacial score (nSPS) is 11.7. The van der Waals surface area contributed by atoms with Crippen molar-refractivity contribution < 1.29 is 25.2 Å². The predicted octanol–water partition coefficient (Wildman–Crippen LogP) is 3.78. The molecule has 0 aromatic carbocycles. The summed E-state index contributed by atoms with van der Waals surface area (Å²) >= 11 is 0. The third kappa shape index (κ3) is 7.92. The van der Waals surface area contributed by atoms with E-state index < -0.39 is 16.6 Å². The molecule has 0 aliphatic heterocycles. The van der Waals surface area contributed by atoms with Gasteiger partial charge in [0.2, 0.25) is 0 Å². The molecule has 0 N–H and O–H groups in total. The van der Waals surface area contributed by atoms with Crippen molar-refractivity contribution >= 4 is 16.6 Å². The second-order valence-corrected chi connectivity index (χ2v) is 13.4. The van der Waals surface area contributed by atoms with Gasteiger partial charge < -0.3 is 4.12 Å². The SMILES string of the molecule is C=CC[Si](C)(CC=C)O[Si](C)(C)C.[Pt]. The van der Waals surface area contributed by atoms with Crippen LogP contribution in [0.25, 0.3) is 0 Å². The maximum Gasteiger partial charge on any atom is 0.184 e. The van der Waals surface area contributed by atoms with E-state index in [1.165, 1.54) is 0 Å². The van der Waals surface area contributed by atoms with E-state index in [1.807, 2.05) is 12.2 Å². The van der Waals surface area contributed by atoms with Gasteiger partial charge in [-0.15, -0.1) is 13.2 Å². The zero-order chi connectivity index (χ0) is 10.5. The third-order valence-electron chi connectivity index (χ3n) is 1.70. The summed E-state index contributed by atoms with van der Waals surface area (Å²) in [6, 6.07) is 2.06. The molecule has 1 nitrogen and oxygen atoms in total. The van der Waals surface area contributed by atoms with E-state index in [0.29, 0.717) is 0 Å². The Balaban J connectivity index is 0. The molecule has 0 aliphatic rings. The van der Waals surface area contributed by atoms with Crippen LogP contribution in [0.4, 0.5) is 0 Å². The Morgan fingerprint density at radius 1 is 1.00 bits per heavy atom. The van der Waals surface area contributed by atoms with Gasteiger partial charge in [-0.2, -0.15) is 0 Å². The van der Waals surface area contributed by atoms with Crippen LogP contribution in [0.3, 0.4) is 0 Å². The number of hydrogen-bond donors (Lipinski definition) is 0. The Morgan fingerprint density at radius 2 is 1.36 bits per heavy atom. The minimum absolute atomic E-state index is 0. The Hall–Kier alpha value is 0.562. The van der Waals surface area contributed by atoms with Gasteiger partial charge in [-0.3, -0.25) is 0 Å². The smallest absolute Gasteiger partial charge is 0.184 e. The summed E-state index contributed by atoms with van der Waals surface area (Å²) in [5, 5.41) is 0. The second kappa shape index (κ2) is 6.94. The summed E-state index contributed by atoms with van der Waals surface area (Å²) in [6.07, 6.45) is 3.96. The van der Waals surface area contributed by atoms with Crippen LogP contribution in [0, 0.1) is 0 Å². The molecule has 0 radical (unpaired) electrons. The quantitative estimate of drug-likeness (QED) is 0.479. The Kier molecular flexibility index (Phi) is 8.41. The molecule has 0 saturated carbocycles. The van der Waals surface area contributed by atoms with Gasteiger partial charge in [-0.1, -0.05) is 12.2 Å². The van der Waals surface area contributed by atoms with E-state index in [-0.39, 0.29) is 21.1 Å². The first kappa shape index (κ1) is 17.0. The molecule has 0 aliphatic carbocycles. The van der Waals surface area contributed by atoms with Crippen LogP contribution >= 0.6 is 0 Å². The van der Waals surface area contributed by atoms with E-state index in [1.54, 1.807) is 0 Å². The van der Waals surface area contributed by atoms with Crippen LogP contribution in [-0.4, -0.2) is 16.6 Å². The van der Waals surface area contributed by atoms with E-state index in [2.05, 4.69) is 39.3 Å². The maximum atomic E-state index is 6.24. The minimum Gasteiger partial charge on any atom is -0.455 e. The standard InChI is InChI=1S/C10H22OSi2.Pt/c1-7-9-13(6,10-8-2)11-12(3,4)5;/h7-8H,1-2,9-10H2,3-6H3;. The van der Waals surface area contributed by atoms with Crippen molar-refractivity contribution in [3.63, 3.8) is 0 Å². The molecule has 14 heavy (non-hydrogen) atoms. The molecule has 0 amide bonds. The van der Waals surface area contributed by atoms with E-state index in [0.717, 1.165) is 12.1 Å². The van der Waals surface area contributed by atoms with Gasteiger partial charge in [0.1, 0.15) is 0 Å². The molecule has 0 rings (SSSR count). The Labute approximate surface area is 105 Å². The topological polar surface area (TPSA) is 9.23 Å². The van der Waals surface area contributed by atoms with Gasteiger partial charge in [0, 0.05) is 21.1 Å². The van der Waals surface area contributed by atoms with Crippen molar-refractivity contribution in [1.82, 2.24) is 0 Å². The molecule has 0 bridgehead atoms. The number of rotatable bonds is 6. The van der Waals surface area contributed by atoms with E-state index >= 15 is 0 Å². The summed E-state index contributed by atoms with van der Waals surface area (Å²) in [4.78, 5) is 0. The number of allylic oxidation sites excluding steroid dienone is 2. The van der Waals surface area contributed by atoms with Crippen LogP contribution < -0.4 is 0 Å². The first-order valence-corrected chi connectivity index (χ1v) is 11.0. The molecule has 0 spiro atoms. The molecular weight excluding hydrogens is 387 g/mol. The number of hydrogen-bond acceptors (Lipinski definition) is 1. The zero-order valence-electron chi connectivity index (χ0n) is 9.71. The average Bonchev–Trinajstić information content (AvgIpc) is 1.82. The minimum atomic E-state index is -1.56. The van der Waals surface area contributed by atoms with E-state index in [9.17, 15) is 0 Å². The van der Waals surface area contributed by atoms with Crippen LogP contribution in [-0.2, 0) is 25.2 Å². The molecule has 0 heterocycles. The summed E-state index contributed by atoms with van der Waals surface area (Å²) in [6.45, 7) is 16.6. The van der Waals surface area contributed by atoms with Crippen LogP contribution in [0.2, 0.25) is 38.3 Å². The molecule has 4 heteroatoms. The van der Waals surface area contributed by atoms with Crippen molar-refractivity contribution in [3.05, 3.63) is 25.3 Å². The van der Waals surface area contributed by atoms with Crippen LogP contribution in [0.15, 0.2) is 25.3 Å². The fourth-order valence-electron chi connectivity index (χ4n) is 1.52. The van der Waals surface area contributed by atoms with Crippen molar-refractivity contribution in [1.29, 1.82) is 0 Å². The maximum absolute atomic E-state index is 6.24. The average molecular weight is 410 g/mol. The molecular formula is C10H22OPtSi2. The van der Waals surface area contributed by atoms with Crippen LogP contribution in [0.5, 0.6) is 0 Å². The van der Waals surface area contributed by atoms with Crippen molar-refractivity contribution in [2.24, 2.45) is 0 Å². The molecule has 0 aromatic rings. The summed E-state index contributed by atoms with van der Waals surface area (Å²) in [5.41, 5.74) is 0. The van der Waals surface area contributed by atoms with Crippen molar-refractivity contribution in [2.75, 3.05) is 0 Å². The molecule has 0 saturated heterocycles. The Morgan fingerprint density at radius 3 is 1.57 bits per heavy atom. The largest absolute Gasteiger partial charge is 0.455 e.